The molecule has 0 amide bonds. The van der Waals surface area contributed by atoms with Crippen LogP contribution < -0.4 is 5.32 Å². The van der Waals surface area contributed by atoms with Gasteiger partial charge in [-0.25, -0.2) is 0 Å². The third-order valence-corrected chi connectivity index (χ3v) is 4.50. The zero-order valence-corrected chi connectivity index (χ0v) is 18.0. The average Bonchev–Trinajstić information content (AvgIpc) is 2.73. The Kier molecular flexibility index (Phi) is 19.7. The summed E-state index contributed by atoms with van der Waals surface area (Å²) in [6.07, 6.45) is 7.55. The Balaban J connectivity index is 1.64. The largest absolute Gasteiger partial charge is 0.379 e. The molecule has 0 aromatic carbocycles. The van der Waals surface area contributed by atoms with Crippen LogP contribution in [0, 0.1) is 0 Å². The van der Waals surface area contributed by atoms with Crippen LogP contribution in [-0.2, 0) is 28.4 Å². The van der Waals surface area contributed by atoms with Crippen molar-refractivity contribution in [1.82, 2.24) is 5.32 Å². The zero-order chi connectivity index (χ0) is 20.0. The van der Waals surface area contributed by atoms with Crippen LogP contribution in [-0.4, -0.2) is 91.9 Å². The third kappa shape index (κ3) is 17.8. The molecule has 1 aliphatic heterocycles. The number of ether oxygens (including phenoxy) is 6. The summed E-state index contributed by atoms with van der Waals surface area (Å²) in [7, 11) is 0. The van der Waals surface area contributed by atoms with Crippen LogP contribution in [0.25, 0.3) is 0 Å². The molecule has 1 aliphatic rings. The topological polar surface area (TPSA) is 67.4 Å². The van der Waals surface area contributed by atoms with E-state index in [4.69, 9.17) is 28.4 Å². The smallest absolute Gasteiger partial charge is 0.0704 e. The van der Waals surface area contributed by atoms with E-state index in [2.05, 4.69) is 12.2 Å². The SMILES string of the molecule is CCCCCCOCCOCCOCCOCCOCCOC1CCNCC1. The summed E-state index contributed by atoms with van der Waals surface area (Å²) in [6.45, 7) is 11.3. The Morgan fingerprint density at radius 2 is 1.04 bits per heavy atom. The summed E-state index contributed by atoms with van der Waals surface area (Å²) in [5.41, 5.74) is 0. The second kappa shape index (κ2) is 21.4. The fourth-order valence-corrected chi connectivity index (χ4v) is 2.85. The molecule has 0 bridgehead atoms. The van der Waals surface area contributed by atoms with Crippen molar-refractivity contribution in [2.45, 2.75) is 51.6 Å². The first kappa shape index (κ1) is 25.8. The van der Waals surface area contributed by atoms with Gasteiger partial charge in [0.2, 0.25) is 0 Å². The number of nitrogens with one attached hydrogen (secondary N) is 1. The maximum atomic E-state index is 5.77. The molecule has 1 fully saturated rings. The molecule has 1 saturated heterocycles. The molecule has 1 heterocycles. The molecule has 1 N–H and O–H groups in total. The highest BCUT2D eigenvalue weighted by molar-refractivity contribution is 4.67. The highest BCUT2D eigenvalue weighted by atomic mass is 16.6. The van der Waals surface area contributed by atoms with Crippen LogP contribution in [0.1, 0.15) is 45.4 Å². The van der Waals surface area contributed by atoms with Gasteiger partial charge in [-0.2, -0.15) is 0 Å². The van der Waals surface area contributed by atoms with Crippen LogP contribution in [0.2, 0.25) is 0 Å². The maximum Gasteiger partial charge on any atom is 0.0704 e. The first-order chi connectivity index (χ1) is 13.9. The minimum Gasteiger partial charge on any atom is -0.379 e. The maximum absolute atomic E-state index is 5.77. The predicted octanol–water partition coefficient (Wildman–Crippen LogP) is 2.42. The molecule has 168 valence electrons. The normalized spacial score (nSPS) is 15.3. The fraction of sp³-hybridized carbons (Fsp3) is 1.00. The third-order valence-electron chi connectivity index (χ3n) is 4.50. The minimum absolute atomic E-state index is 0.394. The van der Waals surface area contributed by atoms with Gasteiger partial charge in [-0.15, -0.1) is 0 Å². The summed E-state index contributed by atoms with van der Waals surface area (Å²) < 4.78 is 33.2. The van der Waals surface area contributed by atoms with Crippen LogP contribution in [0.3, 0.4) is 0 Å². The van der Waals surface area contributed by atoms with Gasteiger partial charge in [-0.1, -0.05) is 26.2 Å². The molecule has 0 aromatic rings. The van der Waals surface area contributed by atoms with Gasteiger partial charge in [0.1, 0.15) is 0 Å². The highest BCUT2D eigenvalue weighted by Gasteiger charge is 2.12. The second-order valence-electron chi connectivity index (χ2n) is 6.94. The van der Waals surface area contributed by atoms with Crippen molar-refractivity contribution in [2.75, 3.05) is 85.8 Å². The summed E-state index contributed by atoms with van der Waals surface area (Å²) in [5, 5.41) is 3.33. The molecule has 0 saturated carbocycles. The van der Waals surface area contributed by atoms with Gasteiger partial charge in [0.25, 0.3) is 0 Å². The quantitative estimate of drug-likeness (QED) is 0.294. The van der Waals surface area contributed by atoms with E-state index < -0.39 is 0 Å². The summed E-state index contributed by atoms with van der Waals surface area (Å²) >= 11 is 0. The summed E-state index contributed by atoms with van der Waals surface area (Å²) in [5.74, 6) is 0. The monoisotopic (exact) mass is 405 g/mol. The van der Waals surface area contributed by atoms with Crippen molar-refractivity contribution in [3.05, 3.63) is 0 Å². The van der Waals surface area contributed by atoms with E-state index >= 15 is 0 Å². The molecular weight excluding hydrogens is 362 g/mol. The summed E-state index contributed by atoms with van der Waals surface area (Å²) in [6, 6.07) is 0. The molecule has 7 heteroatoms. The van der Waals surface area contributed by atoms with Crippen molar-refractivity contribution in [3.63, 3.8) is 0 Å². The van der Waals surface area contributed by atoms with E-state index in [0.717, 1.165) is 39.0 Å². The van der Waals surface area contributed by atoms with Gasteiger partial charge in [0, 0.05) is 6.61 Å². The van der Waals surface area contributed by atoms with Crippen molar-refractivity contribution < 1.29 is 28.4 Å². The number of unbranched alkanes of at least 4 members (excludes halogenated alkanes) is 3. The Bertz CT molecular complexity index is 303. The van der Waals surface area contributed by atoms with Crippen molar-refractivity contribution in [2.24, 2.45) is 0 Å². The highest BCUT2D eigenvalue weighted by Crippen LogP contribution is 2.06. The minimum atomic E-state index is 0.394. The number of hydrogen-bond acceptors (Lipinski definition) is 7. The predicted molar refractivity (Wildman–Crippen MR) is 110 cm³/mol. The molecule has 0 aliphatic carbocycles. The van der Waals surface area contributed by atoms with Gasteiger partial charge in [0.05, 0.1) is 72.2 Å². The van der Waals surface area contributed by atoms with E-state index in [-0.39, 0.29) is 0 Å². The molecule has 7 nitrogen and oxygen atoms in total. The molecule has 0 spiro atoms. The van der Waals surface area contributed by atoms with E-state index in [9.17, 15) is 0 Å². The van der Waals surface area contributed by atoms with Crippen LogP contribution >= 0.6 is 0 Å². The van der Waals surface area contributed by atoms with E-state index in [0.29, 0.717) is 72.2 Å². The number of rotatable bonds is 21. The Morgan fingerprint density at radius 3 is 1.54 bits per heavy atom. The van der Waals surface area contributed by atoms with Gasteiger partial charge in [-0.05, 0) is 32.4 Å². The molecule has 0 radical (unpaired) electrons. The van der Waals surface area contributed by atoms with Gasteiger partial charge >= 0.3 is 0 Å². The summed E-state index contributed by atoms with van der Waals surface area (Å²) in [4.78, 5) is 0. The van der Waals surface area contributed by atoms with Crippen LogP contribution in [0.4, 0.5) is 0 Å². The van der Waals surface area contributed by atoms with E-state index in [1.165, 1.54) is 19.3 Å². The zero-order valence-electron chi connectivity index (χ0n) is 18.0. The van der Waals surface area contributed by atoms with Crippen molar-refractivity contribution in [3.8, 4) is 0 Å². The molecule has 28 heavy (non-hydrogen) atoms. The van der Waals surface area contributed by atoms with Crippen LogP contribution in [0.15, 0.2) is 0 Å². The molecule has 0 atom stereocenters. The lowest BCUT2D eigenvalue weighted by Crippen LogP contribution is -2.33. The van der Waals surface area contributed by atoms with Crippen LogP contribution in [0.5, 0.6) is 0 Å². The number of hydrogen-bond donors (Lipinski definition) is 1. The average molecular weight is 406 g/mol. The van der Waals surface area contributed by atoms with Crippen molar-refractivity contribution >= 4 is 0 Å². The Morgan fingerprint density at radius 1 is 0.571 bits per heavy atom. The standard InChI is InChI=1S/C21H43NO6/c1-2-3-4-5-10-23-11-12-24-13-14-25-15-16-26-17-18-27-19-20-28-21-6-8-22-9-7-21/h21-22H,2-20H2,1H3. The lowest BCUT2D eigenvalue weighted by atomic mass is 10.1. The fourth-order valence-electron chi connectivity index (χ4n) is 2.85. The lowest BCUT2D eigenvalue weighted by molar-refractivity contribution is -0.0296. The van der Waals surface area contributed by atoms with E-state index in [1.54, 1.807) is 0 Å². The second-order valence-corrected chi connectivity index (χ2v) is 6.94. The van der Waals surface area contributed by atoms with Crippen molar-refractivity contribution in [1.29, 1.82) is 0 Å². The van der Waals surface area contributed by atoms with Gasteiger partial charge < -0.3 is 33.7 Å². The van der Waals surface area contributed by atoms with Gasteiger partial charge in [-0.3, -0.25) is 0 Å². The first-order valence-electron chi connectivity index (χ1n) is 11.1. The Hall–Kier alpha value is -0.280. The first-order valence-corrected chi connectivity index (χ1v) is 11.1. The molecular formula is C21H43NO6. The van der Waals surface area contributed by atoms with E-state index in [1.807, 2.05) is 0 Å². The molecule has 0 aromatic heterocycles. The Labute approximate surface area is 171 Å². The molecule has 0 unspecified atom stereocenters. The number of piperidine rings is 1. The lowest BCUT2D eigenvalue weighted by Gasteiger charge is -2.22. The van der Waals surface area contributed by atoms with Gasteiger partial charge in [0.15, 0.2) is 0 Å². The molecule has 1 rings (SSSR count).